The van der Waals surface area contributed by atoms with Crippen LogP contribution in [0, 0.1) is 5.41 Å². The molecule has 0 aromatic heterocycles. The van der Waals surface area contributed by atoms with Crippen LogP contribution in [0.15, 0.2) is 53.3 Å². The van der Waals surface area contributed by atoms with Gasteiger partial charge in [0.25, 0.3) is 0 Å². The summed E-state index contributed by atoms with van der Waals surface area (Å²) in [6.07, 6.45) is 5.50. The predicted octanol–water partition coefficient (Wildman–Crippen LogP) is 5.12. The molecule has 0 saturated heterocycles. The van der Waals surface area contributed by atoms with Crippen LogP contribution in [0.3, 0.4) is 0 Å². The van der Waals surface area contributed by atoms with Gasteiger partial charge in [-0.1, -0.05) is 43.2 Å². The number of carbonyl (C=O) groups is 2. The molecule has 1 aliphatic carbocycles. The van der Waals surface area contributed by atoms with E-state index in [2.05, 4.69) is 20.8 Å². The molecule has 4 heteroatoms. The van der Waals surface area contributed by atoms with E-state index in [0.29, 0.717) is 18.4 Å². The maximum absolute atomic E-state index is 12.2. The summed E-state index contributed by atoms with van der Waals surface area (Å²) in [5, 5.41) is 9.08. The average Bonchev–Trinajstić information content (AvgIpc) is 2.53. The summed E-state index contributed by atoms with van der Waals surface area (Å²) in [4.78, 5) is 23.3. The van der Waals surface area contributed by atoms with Crippen molar-refractivity contribution in [1.29, 1.82) is 0 Å². The first-order valence-electron chi connectivity index (χ1n) is 8.69. The Morgan fingerprint density at radius 1 is 1.24 bits per heavy atom. The third-order valence-corrected chi connectivity index (χ3v) is 4.82. The van der Waals surface area contributed by atoms with E-state index in [1.165, 1.54) is 17.6 Å². The summed E-state index contributed by atoms with van der Waals surface area (Å²) in [5.41, 5.74) is 3.25. The Bertz CT molecular complexity index is 696. The fourth-order valence-electron chi connectivity index (χ4n) is 3.52. The summed E-state index contributed by atoms with van der Waals surface area (Å²) in [6.45, 7) is 6.59. The maximum atomic E-state index is 12.2. The Kier molecular flexibility index (Phi) is 6.18. The fourth-order valence-corrected chi connectivity index (χ4v) is 3.52. The van der Waals surface area contributed by atoms with Crippen LogP contribution < -0.4 is 0 Å². The number of hydrogen-bond acceptors (Lipinski definition) is 3. The molecule has 0 atom stereocenters. The van der Waals surface area contributed by atoms with Crippen LogP contribution >= 0.6 is 0 Å². The zero-order valence-electron chi connectivity index (χ0n) is 15.2. The molecule has 134 valence electrons. The smallest absolute Gasteiger partial charge is 0.343 e. The summed E-state index contributed by atoms with van der Waals surface area (Å²) in [6, 6.07) is 8.60. The highest BCUT2D eigenvalue weighted by Gasteiger charge is 2.28. The molecule has 4 nitrogen and oxygen atoms in total. The van der Waals surface area contributed by atoms with Crippen molar-refractivity contribution in [3.63, 3.8) is 0 Å². The van der Waals surface area contributed by atoms with Gasteiger partial charge in [0.2, 0.25) is 0 Å². The Balaban J connectivity index is 2.11. The van der Waals surface area contributed by atoms with Gasteiger partial charge in [0, 0.05) is 6.42 Å². The molecule has 0 radical (unpaired) electrons. The van der Waals surface area contributed by atoms with Crippen LogP contribution in [0.1, 0.15) is 63.2 Å². The summed E-state index contributed by atoms with van der Waals surface area (Å²) >= 11 is 0. The number of hydrogen-bond donors (Lipinski definition) is 1. The Morgan fingerprint density at radius 3 is 2.52 bits per heavy atom. The SMILES string of the molecule is CC1=C(CCC(=CC(=O)O)OC(=O)c2ccccc2)C(C)(C)CCC1. The molecule has 1 aromatic carbocycles. The lowest BCUT2D eigenvalue weighted by atomic mass is 9.71. The highest BCUT2D eigenvalue weighted by Crippen LogP contribution is 2.42. The zero-order valence-corrected chi connectivity index (χ0v) is 15.2. The van der Waals surface area contributed by atoms with Crippen molar-refractivity contribution in [2.45, 2.75) is 52.9 Å². The van der Waals surface area contributed by atoms with Gasteiger partial charge in [0.1, 0.15) is 5.76 Å². The highest BCUT2D eigenvalue weighted by molar-refractivity contribution is 5.90. The second kappa shape index (κ2) is 8.15. The van der Waals surface area contributed by atoms with E-state index in [1.54, 1.807) is 24.3 Å². The molecule has 0 unspecified atom stereocenters. The van der Waals surface area contributed by atoms with Gasteiger partial charge in [0.15, 0.2) is 0 Å². The van der Waals surface area contributed by atoms with Crippen molar-refractivity contribution in [2.24, 2.45) is 5.41 Å². The molecule has 0 bridgehead atoms. The third-order valence-electron chi connectivity index (χ3n) is 4.82. The molecular weight excluding hydrogens is 316 g/mol. The molecule has 1 aromatic rings. The monoisotopic (exact) mass is 342 g/mol. The standard InChI is InChI=1S/C21H26O4/c1-15-8-7-13-21(2,3)18(15)12-11-17(14-19(22)23)25-20(24)16-9-5-4-6-10-16/h4-6,9-10,14H,7-8,11-13H2,1-3H3,(H,22,23). The van der Waals surface area contributed by atoms with Crippen LogP contribution in [-0.4, -0.2) is 17.0 Å². The van der Waals surface area contributed by atoms with Crippen LogP contribution in [0.2, 0.25) is 0 Å². The largest absolute Gasteiger partial charge is 0.478 e. The maximum Gasteiger partial charge on any atom is 0.343 e. The van der Waals surface area contributed by atoms with E-state index in [-0.39, 0.29) is 11.2 Å². The van der Waals surface area contributed by atoms with Crippen molar-refractivity contribution in [3.05, 3.63) is 58.9 Å². The quantitative estimate of drug-likeness (QED) is 0.337. The van der Waals surface area contributed by atoms with Crippen molar-refractivity contribution in [2.75, 3.05) is 0 Å². The van der Waals surface area contributed by atoms with Crippen LogP contribution in [0.4, 0.5) is 0 Å². The van der Waals surface area contributed by atoms with Crippen molar-refractivity contribution < 1.29 is 19.4 Å². The third kappa shape index (κ3) is 5.31. The van der Waals surface area contributed by atoms with Gasteiger partial charge in [-0.2, -0.15) is 0 Å². The number of benzene rings is 1. The van der Waals surface area contributed by atoms with Crippen molar-refractivity contribution in [3.8, 4) is 0 Å². The molecule has 0 amide bonds. The zero-order chi connectivity index (χ0) is 18.4. The molecule has 2 rings (SSSR count). The molecule has 0 fully saturated rings. The molecule has 1 N–H and O–H groups in total. The number of ether oxygens (including phenoxy) is 1. The van der Waals surface area contributed by atoms with Gasteiger partial charge in [0.05, 0.1) is 11.6 Å². The van der Waals surface area contributed by atoms with Crippen molar-refractivity contribution >= 4 is 11.9 Å². The Morgan fingerprint density at radius 2 is 1.92 bits per heavy atom. The van der Waals surface area contributed by atoms with Crippen LogP contribution in [0.25, 0.3) is 0 Å². The Hall–Kier alpha value is -2.36. The minimum atomic E-state index is -1.11. The Labute approximate surface area is 149 Å². The van der Waals surface area contributed by atoms with E-state index < -0.39 is 11.9 Å². The second-order valence-corrected chi connectivity index (χ2v) is 7.20. The van der Waals surface area contributed by atoms with E-state index >= 15 is 0 Å². The van der Waals surface area contributed by atoms with Gasteiger partial charge in [-0.3, -0.25) is 0 Å². The van der Waals surface area contributed by atoms with E-state index in [9.17, 15) is 9.59 Å². The molecular formula is C21H26O4. The van der Waals surface area contributed by atoms with Gasteiger partial charge in [-0.05, 0) is 50.2 Å². The first kappa shape index (κ1) is 19.0. The number of carboxylic acids is 1. The van der Waals surface area contributed by atoms with Gasteiger partial charge in [-0.15, -0.1) is 0 Å². The first-order valence-corrected chi connectivity index (χ1v) is 8.69. The average molecular weight is 342 g/mol. The topological polar surface area (TPSA) is 63.6 Å². The van der Waals surface area contributed by atoms with Gasteiger partial charge in [-0.25, -0.2) is 9.59 Å². The van der Waals surface area contributed by atoms with Gasteiger partial charge >= 0.3 is 11.9 Å². The van der Waals surface area contributed by atoms with Crippen molar-refractivity contribution in [1.82, 2.24) is 0 Å². The molecule has 0 spiro atoms. The minimum Gasteiger partial charge on any atom is -0.478 e. The lowest BCUT2D eigenvalue weighted by Crippen LogP contribution is -2.20. The number of esters is 1. The normalized spacial score (nSPS) is 17.3. The number of allylic oxidation sites excluding steroid dienone is 3. The predicted molar refractivity (Wildman–Crippen MR) is 97.1 cm³/mol. The number of carboxylic acid groups (broad SMARTS) is 1. The first-order chi connectivity index (χ1) is 11.8. The fraction of sp³-hybridized carbons (Fsp3) is 0.429. The minimum absolute atomic E-state index is 0.111. The van der Waals surface area contributed by atoms with Gasteiger partial charge < -0.3 is 9.84 Å². The lowest BCUT2D eigenvalue weighted by molar-refractivity contribution is -0.131. The molecule has 25 heavy (non-hydrogen) atoms. The van der Waals surface area contributed by atoms with E-state index in [1.807, 2.05) is 6.07 Å². The van der Waals surface area contributed by atoms with Crippen LogP contribution in [0.5, 0.6) is 0 Å². The summed E-state index contributed by atoms with van der Waals surface area (Å²) in [5.74, 6) is -1.44. The molecule has 0 heterocycles. The lowest BCUT2D eigenvalue weighted by Gasteiger charge is -2.34. The number of rotatable bonds is 6. The molecule has 0 saturated carbocycles. The van der Waals surface area contributed by atoms with E-state index in [0.717, 1.165) is 18.9 Å². The second-order valence-electron chi connectivity index (χ2n) is 7.20. The van der Waals surface area contributed by atoms with E-state index in [4.69, 9.17) is 9.84 Å². The molecule has 0 aliphatic heterocycles. The molecule has 1 aliphatic rings. The highest BCUT2D eigenvalue weighted by atomic mass is 16.5. The summed E-state index contributed by atoms with van der Waals surface area (Å²) in [7, 11) is 0. The summed E-state index contributed by atoms with van der Waals surface area (Å²) < 4.78 is 5.36. The number of carbonyl (C=O) groups excluding carboxylic acids is 1. The van der Waals surface area contributed by atoms with Crippen LogP contribution in [-0.2, 0) is 9.53 Å². The number of aliphatic carboxylic acids is 1.